The molecule has 0 saturated carbocycles. The summed E-state index contributed by atoms with van der Waals surface area (Å²) in [6.07, 6.45) is 0. The van der Waals surface area contributed by atoms with Gasteiger partial charge in [0.1, 0.15) is 6.04 Å². The van der Waals surface area contributed by atoms with Gasteiger partial charge in [0.25, 0.3) is 5.56 Å². The maximum absolute atomic E-state index is 13.5. The minimum absolute atomic E-state index is 0.225. The Labute approximate surface area is 186 Å². The maximum atomic E-state index is 13.5. The number of benzene rings is 2. The minimum Gasteiger partial charge on any atom is -0.379 e. The molecule has 1 fully saturated rings. The second kappa shape index (κ2) is 9.93. The standard InChI is InChI=1S/C24H28N4O4/c1-2-27-23(30)19-10-6-7-11-20(19)28(24(27)31)21(18-8-4-3-5-9-18)22(29)25-12-13-26-14-16-32-17-15-26/h3-11,21H,2,12-17H2,1H3,(H,25,29)/t21-/m1/s1. The summed E-state index contributed by atoms with van der Waals surface area (Å²) >= 11 is 0. The Kier molecular flexibility index (Phi) is 6.82. The van der Waals surface area contributed by atoms with Crippen molar-refractivity contribution in [3.8, 4) is 0 Å². The SMILES string of the molecule is CCn1c(=O)c2ccccc2n([C@@H](C(=O)NCCN2CCOCC2)c2ccccc2)c1=O. The lowest BCUT2D eigenvalue weighted by molar-refractivity contribution is -0.123. The molecule has 1 N–H and O–H groups in total. The van der Waals surface area contributed by atoms with Gasteiger partial charge in [-0.15, -0.1) is 0 Å². The number of fused-ring (bicyclic) bond motifs is 1. The van der Waals surface area contributed by atoms with Gasteiger partial charge in [-0.25, -0.2) is 4.79 Å². The molecule has 0 bridgehead atoms. The van der Waals surface area contributed by atoms with E-state index in [1.807, 2.05) is 30.3 Å². The van der Waals surface area contributed by atoms with Gasteiger partial charge in [0.05, 0.1) is 24.1 Å². The summed E-state index contributed by atoms with van der Waals surface area (Å²) in [5.74, 6) is -0.280. The largest absolute Gasteiger partial charge is 0.379 e. The van der Waals surface area contributed by atoms with E-state index in [1.165, 1.54) is 9.13 Å². The number of aromatic nitrogens is 2. The lowest BCUT2D eigenvalue weighted by atomic mass is 10.0. The number of nitrogens with one attached hydrogen (secondary N) is 1. The Hall–Kier alpha value is -3.23. The van der Waals surface area contributed by atoms with Crippen LogP contribution < -0.4 is 16.6 Å². The fraction of sp³-hybridized carbons (Fsp3) is 0.375. The molecule has 1 aliphatic rings. The highest BCUT2D eigenvalue weighted by Gasteiger charge is 2.27. The molecule has 1 aliphatic heterocycles. The molecule has 8 heteroatoms. The van der Waals surface area contributed by atoms with Crippen LogP contribution in [0.25, 0.3) is 10.9 Å². The van der Waals surface area contributed by atoms with E-state index in [9.17, 15) is 14.4 Å². The smallest absolute Gasteiger partial charge is 0.332 e. The van der Waals surface area contributed by atoms with Crippen LogP contribution in [0.2, 0.25) is 0 Å². The molecule has 0 spiro atoms. The summed E-state index contributed by atoms with van der Waals surface area (Å²) in [6.45, 7) is 6.21. The molecular formula is C24H28N4O4. The summed E-state index contributed by atoms with van der Waals surface area (Å²) in [7, 11) is 0. The molecule has 1 saturated heterocycles. The van der Waals surface area contributed by atoms with Gasteiger partial charge in [-0.3, -0.25) is 23.6 Å². The first kappa shape index (κ1) is 22.0. The van der Waals surface area contributed by atoms with Crippen LogP contribution in [0.15, 0.2) is 64.2 Å². The molecule has 0 radical (unpaired) electrons. The normalized spacial score (nSPS) is 15.5. The number of hydrogen-bond donors (Lipinski definition) is 1. The highest BCUT2D eigenvalue weighted by Crippen LogP contribution is 2.21. The van der Waals surface area contributed by atoms with Crippen molar-refractivity contribution in [2.75, 3.05) is 39.4 Å². The monoisotopic (exact) mass is 436 g/mol. The van der Waals surface area contributed by atoms with Crippen LogP contribution in [0.3, 0.4) is 0 Å². The second-order valence-corrected chi connectivity index (χ2v) is 7.78. The number of para-hydroxylation sites is 1. The summed E-state index contributed by atoms with van der Waals surface area (Å²) in [5, 5.41) is 3.42. The first-order valence-electron chi connectivity index (χ1n) is 11.0. The van der Waals surface area contributed by atoms with Crippen molar-refractivity contribution in [2.24, 2.45) is 0 Å². The van der Waals surface area contributed by atoms with Crippen molar-refractivity contribution in [3.63, 3.8) is 0 Å². The first-order chi connectivity index (χ1) is 15.6. The molecule has 168 valence electrons. The number of nitrogens with zero attached hydrogens (tertiary/aromatic N) is 3. The molecule has 4 rings (SSSR count). The van der Waals surface area contributed by atoms with Crippen LogP contribution in [-0.4, -0.2) is 59.3 Å². The Bertz CT molecular complexity index is 1200. The average Bonchev–Trinajstić information content (AvgIpc) is 2.83. The summed E-state index contributed by atoms with van der Waals surface area (Å²) in [4.78, 5) is 41.9. The third kappa shape index (κ3) is 4.37. The fourth-order valence-electron chi connectivity index (χ4n) is 4.17. The number of carbonyl (C=O) groups excluding carboxylic acids is 1. The Morgan fingerprint density at radius 2 is 1.72 bits per heavy atom. The van der Waals surface area contributed by atoms with Gasteiger partial charge in [0.2, 0.25) is 5.91 Å². The second-order valence-electron chi connectivity index (χ2n) is 7.78. The molecule has 2 heterocycles. The topological polar surface area (TPSA) is 85.6 Å². The molecule has 2 aromatic carbocycles. The molecule has 0 aliphatic carbocycles. The van der Waals surface area contributed by atoms with Gasteiger partial charge < -0.3 is 10.1 Å². The molecule has 1 atom stereocenters. The third-order valence-electron chi connectivity index (χ3n) is 5.85. The van der Waals surface area contributed by atoms with Crippen LogP contribution in [0.1, 0.15) is 18.5 Å². The first-order valence-corrected chi connectivity index (χ1v) is 11.0. The van der Waals surface area contributed by atoms with E-state index < -0.39 is 11.7 Å². The molecule has 32 heavy (non-hydrogen) atoms. The van der Waals surface area contributed by atoms with Gasteiger partial charge in [-0.2, -0.15) is 0 Å². The van der Waals surface area contributed by atoms with E-state index in [0.717, 1.165) is 13.1 Å². The van der Waals surface area contributed by atoms with E-state index in [1.54, 1.807) is 31.2 Å². The van der Waals surface area contributed by atoms with E-state index in [4.69, 9.17) is 4.74 Å². The summed E-state index contributed by atoms with van der Waals surface area (Å²) in [6, 6.07) is 15.3. The molecule has 3 aromatic rings. The van der Waals surface area contributed by atoms with E-state index in [-0.39, 0.29) is 18.0 Å². The van der Waals surface area contributed by atoms with Gasteiger partial charge in [0, 0.05) is 32.7 Å². The number of morpholine rings is 1. The average molecular weight is 437 g/mol. The van der Waals surface area contributed by atoms with Crippen LogP contribution in [0.4, 0.5) is 0 Å². The van der Waals surface area contributed by atoms with Crippen molar-refractivity contribution < 1.29 is 9.53 Å². The fourth-order valence-corrected chi connectivity index (χ4v) is 4.17. The number of carbonyl (C=O) groups is 1. The van der Waals surface area contributed by atoms with E-state index >= 15 is 0 Å². The Morgan fingerprint density at radius 1 is 1.03 bits per heavy atom. The predicted octanol–water partition coefficient (Wildman–Crippen LogP) is 1.22. The van der Waals surface area contributed by atoms with Gasteiger partial charge in [-0.05, 0) is 24.6 Å². The van der Waals surface area contributed by atoms with Crippen LogP contribution >= 0.6 is 0 Å². The van der Waals surface area contributed by atoms with Crippen LogP contribution in [-0.2, 0) is 16.1 Å². The molecule has 8 nitrogen and oxygen atoms in total. The number of rotatable bonds is 7. The Morgan fingerprint density at radius 3 is 2.44 bits per heavy atom. The molecular weight excluding hydrogens is 408 g/mol. The number of ether oxygens (including phenoxy) is 1. The predicted molar refractivity (Wildman–Crippen MR) is 123 cm³/mol. The zero-order chi connectivity index (χ0) is 22.5. The van der Waals surface area contributed by atoms with Crippen molar-refractivity contribution in [2.45, 2.75) is 19.5 Å². The number of amides is 1. The van der Waals surface area contributed by atoms with Crippen molar-refractivity contribution >= 4 is 16.8 Å². The zero-order valence-corrected chi connectivity index (χ0v) is 18.2. The lowest BCUT2D eigenvalue weighted by Crippen LogP contribution is -2.47. The Balaban J connectivity index is 1.75. The molecule has 1 amide bonds. The van der Waals surface area contributed by atoms with E-state index in [0.29, 0.717) is 42.8 Å². The highest BCUT2D eigenvalue weighted by atomic mass is 16.5. The maximum Gasteiger partial charge on any atom is 0.332 e. The summed E-state index contributed by atoms with van der Waals surface area (Å²) < 4.78 is 8.00. The third-order valence-corrected chi connectivity index (χ3v) is 5.85. The summed E-state index contributed by atoms with van der Waals surface area (Å²) in [5.41, 5.74) is 0.298. The van der Waals surface area contributed by atoms with Crippen LogP contribution in [0, 0.1) is 0 Å². The van der Waals surface area contributed by atoms with Gasteiger partial charge in [0.15, 0.2) is 0 Å². The van der Waals surface area contributed by atoms with Gasteiger partial charge >= 0.3 is 5.69 Å². The van der Waals surface area contributed by atoms with Crippen molar-refractivity contribution in [1.29, 1.82) is 0 Å². The molecule has 0 unspecified atom stereocenters. The number of hydrogen-bond acceptors (Lipinski definition) is 5. The molecule has 1 aromatic heterocycles. The van der Waals surface area contributed by atoms with Crippen LogP contribution in [0.5, 0.6) is 0 Å². The minimum atomic E-state index is -0.892. The van der Waals surface area contributed by atoms with E-state index in [2.05, 4.69) is 10.2 Å². The van der Waals surface area contributed by atoms with Gasteiger partial charge in [-0.1, -0.05) is 42.5 Å². The van der Waals surface area contributed by atoms with Crippen molar-refractivity contribution in [1.82, 2.24) is 19.4 Å². The highest BCUT2D eigenvalue weighted by molar-refractivity contribution is 5.87. The van der Waals surface area contributed by atoms with Crippen molar-refractivity contribution in [3.05, 3.63) is 81.0 Å². The zero-order valence-electron chi connectivity index (χ0n) is 18.2. The lowest BCUT2D eigenvalue weighted by Gasteiger charge is -2.27. The quantitative estimate of drug-likeness (QED) is 0.602.